The van der Waals surface area contributed by atoms with Gasteiger partial charge in [-0.25, -0.2) is 0 Å². The number of nitrogens with zero attached hydrogens (tertiary/aromatic N) is 1. The molecule has 0 aromatic heterocycles. The quantitative estimate of drug-likeness (QED) is 0.602. The Balaban J connectivity index is 2.56. The molecular formula is C18H38N2. The van der Waals surface area contributed by atoms with E-state index in [0.717, 1.165) is 6.54 Å². The first-order valence-electron chi connectivity index (χ1n) is 9.19. The third-order valence-corrected chi connectivity index (χ3v) is 4.88. The lowest BCUT2D eigenvalue weighted by molar-refractivity contribution is 0.100. The average Bonchev–Trinajstić information content (AvgIpc) is 2.49. The van der Waals surface area contributed by atoms with Gasteiger partial charge < -0.3 is 10.2 Å². The SMILES string of the molecule is CCCCN(CCCC)CC1(CNCC)CCCCC1. The van der Waals surface area contributed by atoms with Crippen molar-refractivity contribution in [2.24, 2.45) is 5.41 Å². The van der Waals surface area contributed by atoms with Crippen molar-refractivity contribution in [3.63, 3.8) is 0 Å². The lowest BCUT2D eigenvalue weighted by Crippen LogP contribution is -2.46. The van der Waals surface area contributed by atoms with Gasteiger partial charge in [0.25, 0.3) is 0 Å². The monoisotopic (exact) mass is 282 g/mol. The molecule has 0 radical (unpaired) electrons. The molecular weight excluding hydrogens is 244 g/mol. The molecule has 0 unspecified atom stereocenters. The summed E-state index contributed by atoms with van der Waals surface area (Å²) in [5.41, 5.74) is 0.565. The maximum atomic E-state index is 3.65. The van der Waals surface area contributed by atoms with Crippen LogP contribution < -0.4 is 5.32 Å². The minimum absolute atomic E-state index is 0.565. The van der Waals surface area contributed by atoms with Crippen LogP contribution in [-0.4, -0.2) is 37.6 Å². The van der Waals surface area contributed by atoms with E-state index in [1.54, 1.807) is 0 Å². The van der Waals surface area contributed by atoms with E-state index >= 15 is 0 Å². The van der Waals surface area contributed by atoms with E-state index in [2.05, 4.69) is 31.0 Å². The smallest absolute Gasteiger partial charge is 0.00501 e. The van der Waals surface area contributed by atoms with E-state index in [0.29, 0.717) is 5.41 Å². The van der Waals surface area contributed by atoms with Gasteiger partial charge in [0.15, 0.2) is 0 Å². The molecule has 0 aromatic rings. The molecule has 0 spiro atoms. The number of hydrogen-bond acceptors (Lipinski definition) is 2. The molecule has 2 nitrogen and oxygen atoms in total. The molecule has 1 N–H and O–H groups in total. The second-order valence-corrected chi connectivity index (χ2v) is 6.82. The first kappa shape index (κ1) is 18.0. The largest absolute Gasteiger partial charge is 0.316 e. The Labute approximate surface area is 127 Å². The Morgan fingerprint density at radius 1 is 0.900 bits per heavy atom. The highest BCUT2D eigenvalue weighted by Gasteiger charge is 2.33. The van der Waals surface area contributed by atoms with Crippen molar-refractivity contribution in [3.05, 3.63) is 0 Å². The second-order valence-electron chi connectivity index (χ2n) is 6.82. The summed E-state index contributed by atoms with van der Waals surface area (Å²) in [7, 11) is 0. The highest BCUT2D eigenvalue weighted by molar-refractivity contribution is 4.87. The molecule has 0 bridgehead atoms. The van der Waals surface area contributed by atoms with Crippen LogP contribution in [0, 0.1) is 5.41 Å². The van der Waals surface area contributed by atoms with E-state index in [4.69, 9.17) is 0 Å². The van der Waals surface area contributed by atoms with Gasteiger partial charge in [-0.05, 0) is 50.7 Å². The first-order chi connectivity index (χ1) is 9.76. The zero-order chi connectivity index (χ0) is 14.7. The van der Waals surface area contributed by atoms with Gasteiger partial charge in [-0.1, -0.05) is 52.9 Å². The van der Waals surface area contributed by atoms with E-state index in [-0.39, 0.29) is 0 Å². The summed E-state index contributed by atoms with van der Waals surface area (Å²) in [5.74, 6) is 0. The number of nitrogens with one attached hydrogen (secondary N) is 1. The summed E-state index contributed by atoms with van der Waals surface area (Å²) in [6.07, 6.45) is 12.6. The molecule has 0 amide bonds. The maximum Gasteiger partial charge on any atom is 0.00501 e. The third kappa shape index (κ3) is 6.58. The Morgan fingerprint density at radius 2 is 1.50 bits per heavy atom. The second kappa shape index (κ2) is 10.6. The van der Waals surface area contributed by atoms with Gasteiger partial charge in [-0.3, -0.25) is 0 Å². The highest BCUT2D eigenvalue weighted by atomic mass is 15.1. The minimum Gasteiger partial charge on any atom is -0.316 e. The molecule has 0 aliphatic heterocycles. The molecule has 1 aliphatic carbocycles. The van der Waals surface area contributed by atoms with Crippen LogP contribution in [0.3, 0.4) is 0 Å². The predicted octanol–water partition coefficient (Wildman–Crippen LogP) is 4.45. The Bertz CT molecular complexity index is 213. The van der Waals surface area contributed by atoms with Crippen LogP contribution in [0.5, 0.6) is 0 Å². The Morgan fingerprint density at radius 3 is 2.00 bits per heavy atom. The molecule has 0 heterocycles. The van der Waals surface area contributed by atoms with Crippen LogP contribution >= 0.6 is 0 Å². The number of rotatable bonds is 11. The zero-order valence-electron chi connectivity index (χ0n) is 14.3. The van der Waals surface area contributed by atoms with Crippen molar-refractivity contribution in [2.45, 2.75) is 78.6 Å². The van der Waals surface area contributed by atoms with Crippen molar-refractivity contribution < 1.29 is 0 Å². The van der Waals surface area contributed by atoms with Gasteiger partial charge in [-0.2, -0.15) is 0 Å². The lowest BCUT2D eigenvalue weighted by Gasteiger charge is -2.41. The van der Waals surface area contributed by atoms with Crippen LogP contribution in [0.1, 0.15) is 78.6 Å². The van der Waals surface area contributed by atoms with Crippen LogP contribution in [-0.2, 0) is 0 Å². The highest BCUT2D eigenvalue weighted by Crippen LogP contribution is 2.36. The predicted molar refractivity (Wildman–Crippen MR) is 90.3 cm³/mol. The Kier molecular flexibility index (Phi) is 9.54. The van der Waals surface area contributed by atoms with Gasteiger partial charge >= 0.3 is 0 Å². The van der Waals surface area contributed by atoms with Crippen LogP contribution in [0.25, 0.3) is 0 Å². The van der Waals surface area contributed by atoms with Gasteiger partial charge in [0.05, 0.1) is 0 Å². The lowest BCUT2D eigenvalue weighted by atomic mass is 9.73. The van der Waals surface area contributed by atoms with Crippen molar-refractivity contribution in [3.8, 4) is 0 Å². The van der Waals surface area contributed by atoms with Crippen LogP contribution in [0.15, 0.2) is 0 Å². The fourth-order valence-corrected chi connectivity index (χ4v) is 3.59. The molecule has 0 aromatic carbocycles. The Hall–Kier alpha value is -0.0800. The number of unbranched alkanes of at least 4 members (excludes halogenated alkanes) is 2. The first-order valence-corrected chi connectivity index (χ1v) is 9.19. The minimum atomic E-state index is 0.565. The summed E-state index contributed by atoms with van der Waals surface area (Å²) >= 11 is 0. The maximum absolute atomic E-state index is 3.65. The van der Waals surface area contributed by atoms with E-state index in [9.17, 15) is 0 Å². The molecule has 2 heteroatoms. The molecule has 0 atom stereocenters. The van der Waals surface area contributed by atoms with Gasteiger partial charge in [0.1, 0.15) is 0 Å². The topological polar surface area (TPSA) is 15.3 Å². The molecule has 1 rings (SSSR count). The van der Waals surface area contributed by atoms with Gasteiger partial charge in [0.2, 0.25) is 0 Å². The summed E-state index contributed by atoms with van der Waals surface area (Å²) in [5, 5.41) is 3.65. The summed E-state index contributed by atoms with van der Waals surface area (Å²) in [6, 6.07) is 0. The molecule has 1 aliphatic rings. The van der Waals surface area contributed by atoms with Gasteiger partial charge in [0, 0.05) is 13.1 Å². The normalized spacial score (nSPS) is 18.6. The molecule has 1 fully saturated rings. The standard InChI is InChI=1S/C18H38N2/c1-4-7-14-20(15-8-5-2)17-18(16-19-6-3)12-10-9-11-13-18/h19H,4-17H2,1-3H3. The zero-order valence-corrected chi connectivity index (χ0v) is 14.3. The van der Waals surface area contributed by atoms with E-state index in [1.165, 1.54) is 84.0 Å². The van der Waals surface area contributed by atoms with Gasteiger partial charge in [-0.15, -0.1) is 0 Å². The molecule has 1 saturated carbocycles. The van der Waals surface area contributed by atoms with Crippen molar-refractivity contribution in [1.29, 1.82) is 0 Å². The summed E-state index contributed by atoms with van der Waals surface area (Å²) in [4.78, 5) is 2.77. The third-order valence-electron chi connectivity index (χ3n) is 4.88. The van der Waals surface area contributed by atoms with Crippen molar-refractivity contribution >= 4 is 0 Å². The summed E-state index contributed by atoms with van der Waals surface area (Å²) < 4.78 is 0. The van der Waals surface area contributed by atoms with Crippen LogP contribution in [0.2, 0.25) is 0 Å². The summed E-state index contributed by atoms with van der Waals surface area (Å²) in [6.45, 7) is 13.2. The molecule has 20 heavy (non-hydrogen) atoms. The van der Waals surface area contributed by atoms with Crippen molar-refractivity contribution in [2.75, 3.05) is 32.7 Å². The molecule has 0 saturated heterocycles. The van der Waals surface area contributed by atoms with E-state index < -0.39 is 0 Å². The molecule has 120 valence electrons. The fourth-order valence-electron chi connectivity index (χ4n) is 3.59. The van der Waals surface area contributed by atoms with Crippen LogP contribution in [0.4, 0.5) is 0 Å². The van der Waals surface area contributed by atoms with E-state index in [1.807, 2.05) is 0 Å². The average molecular weight is 283 g/mol. The fraction of sp³-hybridized carbons (Fsp3) is 1.00. The number of hydrogen-bond donors (Lipinski definition) is 1. The van der Waals surface area contributed by atoms with Crippen molar-refractivity contribution in [1.82, 2.24) is 10.2 Å².